The fourth-order valence-corrected chi connectivity index (χ4v) is 4.71. The van der Waals surface area contributed by atoms with Crippen molar-refractivity contribution in [1.82, 2.24) is 19.9 Å². The molecule has 1 fully saturated rings. The van der Waals surface area contributed by atoms with Crippen LogP contribution in [-0.2, 0) is 6.42 Å². The monoisotopic (exact) mass is 454 g/mol. The van der Waals surface area contributed by atoms with Crippen LogP contribution in [0.15, 0.2) is 67.0 Å². The van der Waals surface area contributed by atoms with Gasteiger partial charge in [-0.25, -0.2) is 9.78 Å². The molecule has 172 valence electrons. The van der Waals surface area contributed by atoms with Gasteiger partial charge in [-0.3, -0.25) is 9.78 Å². The number of carboxylic acid groups (broad SMARTS) is 1. The van der Waals surface area contributed by atoms with Gasteiger partial charge in [0, 0.05) is 36.1 Å². The second-order valence-electron chi connectivity index (χ2n) is 8.69. The Bertz CT molecular complexity index is 1320. The average molecular weight is 455 g/mol. The quantitative estimate of drug-likeness (QED) is 0.415. The highest BCUT2D eigenvalue weighted by molar-refractivity contribution is 5.95. The minimum atomic E-state index is -0.960. The standard InChI is InChI=1S/C27H26N4O3/c32-26(29-16-13-18-11-14-28-15-12-18)20-7-5-19(6-8-20)25-30-23-17-21(27(33)34)9-10-24(23)31(25)22-3-1-2-4-22/h5-12,14-15,17,22H,1-4,13,16H2,(H,29,32)(H,33,34). The highest BCUT2D eigenvalue weighted by Crippen LogP contribution is 2.37. The van der Waals surface area contributed by atoms with E-state index in [-0.39, 0.29) is 11.5 Å². The summed E-state index contributed by atoms with van der Waals surface area (Å²) in [6.45, 7) is 0.550. The van der Waals surface area contributed by atoms with E-state index in [9.17, 15) is 14.7 Å². The largest absolute Gasteiger partial charge is 0.478 e. The zero-order chi connectivity index (χ0) is 23.5. The van der Waals surface area contributed by atoms with Crippen molar-refractivity contribution in [3.05, 3.63) is 83.7 Å². The minimum Gasteiger partial charge on any atom is -0.478 e. The van der Waals surface area contributed by atoms with Crippen LogP contribution in [0.25, 0.3) is 22.4 Å². The first-order chi connectivity index (χ1) is 16.6. The van der Waals surface area contributed by atoms with Gasteiger partial charge in [-0.15, -0.1) is 0 Å². The van der Waals surface area contributed by atoms with Crippen LogP contribution in [0.4, 0.5) is 0 Å². The molecule has 2 aromatic heterocycles. The Labute approximate surface area is 197 Å². The average Bonchev–Trinajstić information content (AvgIpc) is 3.52. The summed E-state index contributed by atoms with van der Waals surface area (Å²) in [6.07, 6.45) is 8.75. The SMILES string of the molecule is O=C(O)c1ccc2c(c1)nc(-c1ccc(C(=O)NCCc3ccncc3)cc1)n2C1CCCC1. The van der Waals surface area contributed by atoms with Crippen LogP contribution in [0, 0.1) is 0 Å². The highest BCUT2D eigenvalue weighted by atomic mass is 16.4. The maximum atomic E-state index is 12.6. The summed E-state index contributed by atoms with van der Waals surface area (Å²) in [5, 5.41) is 12.3. The fraction of sp³-hybridized carbons (Fsp3) is 0.259. The molecule has 5 rings (SSSR count). The van der Waals surface area contributed by atoms with Crippen LogP contribution in [0.3, 0.4) is 0 Å². The normalized spacial score (nSPS) is 13.9. The Kier molecular flexibility index (Phi) is 6.08. The number of carboxylic acids is 1. The second-order valence-corrected chi connectivity index (χ2v) is 8.69. The summed E-state index contributed by atoms with van der Waals surface area (Å²) in [7, 11) is 0. The van der Waals surface area contributed by atoms with Crippen molar-refractivity contribution in [3.63, 3.8) is 0 Å². The Morgan fingerprint density at radius 3 is 2.38 bits per heavy atom. The molecule has 34 heavy (non-hydrogen) atoms. The number of carbonyl (C=O) groups excluding carboxylic acids is 1. The molecule has 1 aliphatic rings. The first kappa shape index (κ1) is 21.8. The lowest BCUT2D eigenvalue weighted by Crippen LogP contribution is -2.25. The molecule has 0 aliphatic heterocycles. The van der Waals surface area contributed by atoms with Gasteiger partial charge in [-0.05, 0) is 67.3 Å². The number of fused-ring (bicyclic) bond motifs is 1. The summed E-state index contributed by atoms with van der Waals surface area (Å²) in [6, 6.07) is 16.8. The van der Waals surface area contributed by atoms with Crippen LogP contribution in [-0.4, -0.2) is 38.1 Å². The first-order valence-electron chi connectivity index (χ1n) is 11.6. The lowest BCUT2D eigenvalue weighted by Gasteiger charge is -2.16. The molecule has 1 saturated carbocycles. The van der Waals surface area contributed by atoms with Crippen molar-refractivity contribution in [2.75, 3.05) is 6.54 Å². The molecule has 0 spiro atoms. The highest BCUT2D eigenvalue weighted by Gasteiger charge is 2.24. The van der Waals surface area contributed by atoms with Gasteiger partial charge in [-0.1, -0.05) is 25.0 Å². The molecule has 2 heterocycles. The molecule has 0 unspecified atom stereocenters. The van der Waals surface area contributed by atoms with Gasteiger partial charge in [0.25, 0.3) is 5.91 Å². The maximum absolute atomic E-state index is 12.6. The molecule has 0 radical (unpaired) electrons. The van der Waals surface area contributed by atoms with Crippen molar-refractivity contribution in [3.8, 4) is 11.4 Å². The summed E-state index contributed by atoms with van der Waals surface area (Å²) in [5.74, 6) is -0.261. The number of nitrogens with zero attached hydrogens (tertiary/aromatic N) is 3. The fourth-order valence-electron chi connectivity index (χ4n) is 4.71. The van der Waals surface area contributed by atoms with Crippen molar-refractivity contribution in [1.29, 1.82) is 0 Å². The smallest absolute Gasteiger partial charge is 0.335 e. The van der Waals surface area contributed by atoms with Crippen LogP contribution in [0.2, 0.25) is 0 Å². The van der Waals surface area contributed by atoms with E-state index in [4.69, 9.17) is 4.98 Å². The minimum absolute atomic E-state index is 0.115. The predicted octanol–water partition coefficient (Wildman–Crippen LogP) is 4.88. The Hall–Kier alpha value is -4.00. The zero-order valence-electron chi connectivity index (χ0n) is 18.8. The number of hydrogen-bond acceptors (Lipinski definition) is 4. The molecular formula is C27H26N4O3. The Morgan fingerprint density at radius 2 is 1.68 bits per heavy atom. The number of hydrogen-bond donors (Lipinski definition) is 2. The number of pyridine rings is 1. The van der Waals surface area contributed by atoms with Crippen molar-refractivity contribution < 1.29 is 14.7 Å². The van der Waals surface area contributed by atoms with Crippen molar-refractivity contribution in [2.45, 2.75) is 38.1 Å². The number of carbonyl (C=O) groups is 2. The Morgan fingerprint density at radius 1 is 0.971 bits per heavy atom. The number of imidazole rings is 1. The molecule has 2 N–H and O–H groups in total. The van der Waals surface area contributed by atoms with E-state index in [0.29, 0.717) is 23.7 Å². The number of benzene rings is 2. The molecule has 0 atom stereocenters. The van der Waals surface area contributed by atoms with Crippen LogP contribution < -0.4 is 5.32 Å². The number of aromatic nitrogens is 3. The molecule has 7 heteroatoms. The van der Waals surface area contributed by atoms with E-state index in [1.807, 2.05) is 42.5 Å². The van der Waals surface area contributed by atoms with E-state index < -0.39 is 5.97 Å². The number of amides is 1. The van der Waals surface area contributed by atoms with E-state index in [1.165, 1.54) is 12.8 Å². The maximum Gasteiger partial charge on any atom is 0.335 e. The van der Waals surface area contributed by atoms with E-state index >= 15 is 0 Å². The van der Waals surface area contributed by atoms with Gasteiger partial charge in [0.1, 0.15) is 5.82 Å². The molecular weight excluding hydrogens is 428 g/mol. The van der Waals surface area contributed by atoms with Crippen LogP contribution >= 0.6 is 0 Å². The first-order valence-corrected chi connectivity index (χ1v) is 11.6. The summed E-state index contributed by atoms with van der Waals surface area (Å²) < 4.78 is 2.25. The number of rotatable bonds is 7. The molecule has 0 bridgehead atoms. The van der Waals surface area contributed by atoms with Crippen LogP contribution in [0.5, 0.6) is 0 Å². The predicted molar refractivity (Wildman–Crippen MR) is 130 cm³/mol. The van der Waals surface area contributed by atoms with E-state index in [2.05, 4.69) is 14.9 Å². The third-order valence-electron chi connectivity index (χ3n) is 6.48. The molecule has 2 aromatic carbocycles. The third kappa shape index (κ3) is 4.41. The summed E-state index contributed by atoms with van der Waals surface area (Å²) in [4.78, 5) is 32.9. The molecule has 0 saturated heterocycles. The summed E-state index contributed by atoms with van der Waals surface area (Å²) >= 11 is 0. The lowest BCUT2D eigenvalue weighted by molar-refractivity contribution is 0.0696. The lowest BCUT2D eigenvalue weighted by atomic mass is 10.1. The molecule has 7 nitrogen and oxygen atoms in total. The summed E-state index contributed by atoms with van der Waals surface area (Å²) in [5.41, 5.74) is 4.49. The number of nitrogens with one attached hydrogen (secondary N) is 1. The van der Waals surface area contributed by atoms with Gasteiger partial charge in [0.05, 0.1) is 16.6 Å². The molecule has 1 aliphatic carbocycles. The van der Waals surface area contributed by atoms with Gasteiger partial charge in [0.2, 0.25) is 0 Å². The van der Waals surface area contributed by atoms with Gasteiger partial charge in [0.15, 0.2) is 0 Å². The molecule has 1 amide bonds. The van der Waals surface area contributed by atoms with Gasteiger partial charge in [-0.2, -0.15) is 0 Å². The second kappa shape index (κ2) is 9.47. The van der Waals surface area contributed by atoms with Crippen molar-refractivity contribution >= 4 is 22.9 Å². The number of aromatic carboxylic acids is 1. The third-order valence-corrected chi connectivity index (χ3v) is 6.48. The van der Waals surface area contributed by atoms with E-state index in [0.717, 1.165) is 41.7 Å². The van der Waals surface area contributed by atoms with Crippen LogP contribution in [0.1, 0.15) is 58.0 Å². The zero-order valence-corrected chi connectivity index (χ0v) is 18.8. The van der Waals surface area contributed by atoms with E-state index in [1.54, 1.807) is 24.5 Å². The topological polar surface area (TPSA) is 97.1 Å². The van der Waals surface area contributed by atoms with Crippen molar-refractivity contribution in [2.24, 2.45) is 0 Å². The molecule has 4 aromatic rings. The Balaban J connectivity index is 1.39. The van der Waals surface area contributed by atoms with Gasteiger partial charge >= 0.3 is 5.97 Å². The van der Waals surface area contributed by atoms with Gasteiger partial charge < -0.3 is 15.0 Å².